The Morgan fingerprint density at radius 1 is 0.714 bits per heavy atom. The molecule has 0 aromatic heterocycles. The molecule has 0 bridgehead atoms. The van der Waals surface area contributed by atoms with Gasteiger partial charge < -0.3 is 0 Å². The molecule has 0 saturated carbocycles. The quantitative estimate of drug-likeness (QED) is 0.490. The second-order valence-electron chi connectivity index (χ2n) is 5.36. The standard InChI is InChI=1S/2C10H15.Mg/c2*1-3-6-10-8-5-7-9(10)4-2;/h2*5,7-8H,3-4,6H2,1-2H3;/q2*-1;+2. The monoisotopic (exact) mass is 294 g/mol. The van der Waals surface area contributed by atoms with Crippen LogP contribution in [0.3, 0.4) is 0 Å². The molecule has 0 spiro atoms. The van der Waals surface area contributed by atoms with Crippen LogP contribution < -0.4 is 0 Å². The Hall–Kier alpha value is -0.534. The van der Waals surface area contributed by atoms with Gasteiger partial charge in [0.2, 0.25) is 0 Å². The molecular formula is C20H30Mg. The first-order valence-electron chi connectivity index (χ1n) is 8.23. The van der Waals surface area contributed by atoms with Crippen LogP contribution >= 0.6 is 0 Å². The van der Waals surface area contributed by atoms with Gasteiger partial charge in [0.1, 0.15) is 0 Å². The van der Waals surface area contributed by atoms with Gasteiger partial charge in [-0.1, -0.05) is 66.2 Å². The summed E-state index contributed by atoms with van der Waals surface area (Å²) in [6.45, 7) is 8.89. The maximum Gasteiger partial charge on any atom is 2.00 e. The fourth-order valence-corrected chi connectivity index (χ4v) is 2.71. The minimum atomic E-state index is 0. The molecule has 0 unspecified atom stereocenters. The van der Waals surface area contributed by atoms with Crippen LogP contribution in [0.5, 0.6) is 0 Å². The molecule has 0 nitrogen and oxygen atoms in total. The van der Waals surface area contributed by atoms with Crippen LogP contribution in [0.1, 0.15) is 62.8 Å². The van der Waals surface area contributed by atoms with Crippen LogP contribution in [-0.2, 0) is 25.7 Å². The summed E-state index contributed by atoms with van der Waals surface area (Å²) in [5.41, 5.74) is 6.15. The summed E-state index contributed by atoms with van der Waals surface area (Å²) in [4.78, 5) is 0. The summed E-state index contributed by atoms with van der Waals surface area (Å²) in [5.74, 6) is 0. The molecule has 2 aromatic carbocycles. The molecule has 2 aromatic rings. The number of rotatable bonds is 6. The molecular weight excluding hydrogens is 265 g/mol. The minimum Gasteiger partial charge on any atom is -0.213 e. The smallest absolute Gasteiger partial charge is 0.213 e. The molecule has 0 saturated heterocycles. The predicted molar refractivity (Wildman–Crippen MR) is 96.6 cm³/mol. The molecule has 0 aliphatic carbocycles. The van der Waals surface area contributed by atoms with Crippen LogP contribution in [0.25, 0.3) is 0 Å². The predicted octanol–water partition coefficient (Wildman–Crippen LogP) is 5.46. The van der Waals surface area contributed by atoms with Crippen molar-refractivity contribution >= 4 is 23.1 Å². The van der Waals surface area contributed by atoms with Crippen LogP contribution in [-0.4, -0.2) is 23.1 Å². The second kappa shape index (κ2) is 12.1. The van der Waals surface area contributed by atoms with Crippen LogP contribution in [0.2, 0.25) is 0 Å². The molecule has 0 radical (unpaired) electrons. The first-order valence-corrected chi connectivity index (χ1v) is 8.23. The largest absolute Gasteiger partial charge is 2.00 e. The van der Waals surface area contributed by atoms with Crippen molar-refractivity contribution in [1.29, 1.82) is 0 Å². The van der Waals surface area contributed by atoms with Crippen molar-refractivity contribution in [2.45, 2.75) is 66.2 Å². The Morgan fingerprint density at radius 2 is 1.10 bits per heavy atom. The van der Waals surface area contributed by atoms with Crippen molar-refractivity contribution in [1.82, 2.24) is 0 Å². The molecule has 0 amide bonds. The van der Waals surface area contributed by atoms with Crippen LogP contribution in [0.15, 0.2) is 36.4 Å². The van der Waals surface area contributed by atoms with Gasteiger partial charge in [-0.15, -0.1) is 0 Å². The molecule has 21 heavy (non-hydrogen) atoms. The van der Waals surface area contributed by atoms with Crippen molar-refractivity contribution in [2.75, 3.05) is 0 Å². The Kier molecular flexibility index (Phi) is 11.7. The molecule has 0 atom stereocenters. The third-order valence-corrected chi connectivity index (χ3v) is 3.82. The van der Waals surface area contributed by atoms with Gasteiger partial charge in [0.25, 0.3) is 0 Å². The Morgan fingerprint density at radius 3 is 1.38 bits per heavy atom. The van der Waals surface area contributed by atoms with E-state index in [1.54, 1.807) is 11.1 Å². The van der Waals surface area contributed by atoms with Gasteiger partial charge in [-0.3, -0.25) is 0 Å². The average molecular weight is 295 g/mol. The third-order valence-electron chi connectivity index (χ3n) is 3.82. The number of hydrogen-bond acceptors (Lipinski definition) is 0. The summed E-state index contributed by atoms with van der Waals surface area (Å²) >= 11 is 0. The van der Waals surface area contributed by atoms with Crippen molar-refractivity contribution in [3.8, 4) is 0 Å². The SMILES string of the molecule is CCCc1ccc[c-]1CC.CCCc1ccc[c-]1CC.[Mg+2]. The molecule has 0 aliphatic heterocycles. The van der Waals surface area contributed by atoms with E-state index in [9.17, 15) is 0 Å². The normalized spacial score (nSPS) is 9.71. The van der Waals surface area contributed by atoms with E-state index in [-0.39, 0.29) is 23.1 Å². The van der Waals surface area contributed by atoms with E-state index < -0.39 is 0 Å². The minimum absolute atomic E-state index is 0. The maximum absolute atomic E-state index is 2.24. The van der Waals surface area contributed by atoms with Crippen molar-refractivity contribution < 1.29 is 0 Å². The summed E-state index contributed by atoms with van der Waals surface area (Å²) in [7, 11) is 0. The Labute approximate surface area is 147 Å². The number of hydrogen-bond donors (Lipinski definition) is 0. The van der Waals surface area contributed by atoms with Gasteiger partial charge in [-0.2, -0.15) is 34.4 Å². The van der Waals surface area contributed by atoms with E-state index in [4.69, 9.17) is 0 Å². The summed E-state index contributed by atoms with van der Waals surface area (Å²) in [6, 6.07) is 13.2. The zero-order valence-corrected chi connectivity index (χ0v) is 15.8. The van der Waals surface area contributed by atoms with Crippen LogP contribution in [0, 0.1) is 0 Å². The zero-order chi connectivity index (χ0) is 14.8. The molecule has 1 heteroatoms. The molecule has 0 fully saturated rings. The van der Waals surface area contributed by atoms with Gasteiger partial charge in [0, 0.05) is 0 Å². The van der Waals surface area contributed by atoms with Crippen molar-refractivity contribution in [2.24, 2.45) is 0 Å². The van der Waals surface area contributed by atoms with Crippen molar-refractivity contribution in [3.63, 3.8) is 0 Å². The van der Waals surface area contributed by atoms with Gasteiger partial charge in [-0.05, 0) is 0 Å². The summed E-state index contributed by atoms with van der Waals surface area (Å²) < 4.78 is 0. The van der Waals surface area contributed by atoms with E-state index in [0.717, 1.165) is 0 Å². The van der Waals surface area contributed by atoms with E-state index >= 15 is 0 Å². The average Bonchev–Trinajstić information content (AvgIpc) is 3.09. The first-order chi connectivity index (χ1) is 9.76. The Bertz CT molecular complexity index is 417. The van der Waals surface area contributed by atoms with Crippen LogP contribution in [0.4, 0.5) is 0 Å². The van der Waals surface area contributed by atoms with E-state index in [2.05, 4.69) is 64.1 Å². The first kappa shape index (κ1) is 20.5. The molecule has 0 aliphatic rings. The topological polar surface area (TPSA) is 0 Å². The molecule has 112 valence electrons. The summed E-state index contributed by atoms with van der Waals surface area (Å²) in [5, 5.41) is 0. The zero-order valence-electron chi connectivity index (χ0n) is 14.4. The second-order valence-corrected chi connectivity index (χ2v) is 5.36. The number of aryl methyl sites for hydroxylation is 4. The summed E-state index contributed by atoms with van der Waals surface area (Å²) in [6.07, 6.45) is 7.38. The van der Waals surface area contributed by atoms with E-state index in [1.165, 1.54) is 49.7 Å². The Balaban J connectivity index is 0.000000364. The van der Waals surface area contributed by atoms with Gasteiger partial charge in [0.05, 0.1) is 0 Å². The van der Waals surface area contributed by atoms with Gasteiger partial charge >= 0.3 is 23.1 Å². The van der Waals surface area contributed by atoms with E-state index in [1.807, 2.05) is 0 Å². The van der Waals surface area contributed by atoms with Gasteiger partial charge in [0.15, 0.2) is 0 Å². The maximum atomic E-state index is 2.24. The molecule has 2 rings (SSSR count). The third kappa shape index (κ3) is 6.84. The van der Waals surface area contributed by atoms with E-state index in [0.29, 0.717) is 0 Å². The van der Waals surface area contributed by atoms with Gasteiger partial charge in [-0.25, -0.2) is 24.3 Å². The van der Waals surface area contributed by atoms with Crippen molar-refractivity contribution in [3.05, 3.63) is 58.7 Å². The molecule has 0 heterocycles. The fourth-order valence-electron chi connectivity index (χ4n) is 2.71. The molecule has 0 N–H and O–H groups in total. The fraction of sp³-hybridized carbons (Fsp3) is 0.500.